The lowest BCUT2D eigenvalue weighted by molar-refractivity contribution is 0.0340. The van der Waals surface area contributed by atoms with Gasteiger partial charge in [0, 0.05) is 9.52 Å². The molecule has 1 atom stereocenters. The Bertz CT molecular complexity index is 566. The Morgan fingerprint density at radius 3 is 2.43 bits per heavy atom. The molecule has 4 nitrogen and oxygen atoms in total. The van der Waals surface area contributed by atoms with Crippen molar-refractivity contribution in [3.8, 4) is 0 Å². The number of aliphatic hydroxyl groups is 1. The van der Waals surface area contributed by atoms with Crippen molar-refractivity contribution in [2.75, 3.05) is 0 Å². The van der Waals surface area contributed by atoms with Gasteiger partial charge in [0.15, 0.2) is 0 Å². The van der Waals surface area contributed by atoms with Gasteiger partial charge < -0.3 is 5.11 Å². The van der Waals surface area contributed by atoms with Gasteiger partial charge in [0.1, 0.15) is 24.1 Å². The van der Waals surface area contributed by atoms with Crippen LogP contribution in [-0.4, -0.2) is 29.4 Å². The fourth-order valence-corrected chi connectivity index (χ4v) is 3.14. The van der Waals surface area contributed by atoms with E-state index in [0.717, 1.165) is 0 Å². The Morgan fingerprint density at radius 1 is 1.24 bits per heavy atom. The van der Waals surface area contributed by atoms with Gasteiger partial charge in [0.25, 0.3) is 0 Å². The molecule has 0 aliphatic carbocycles. The Labute approximate surface area is 126 Å². The number of halogens is 1. The van der Waals surface area contributed by atoms with Crippen LogP contribution in [0.15, 0.2) is 36.9 Å². The molecule has 21 heavy (non-hydrogen) atoms. The Balaban J connectivity index is 2.26. The number of aromatic nitrogens is 3. The lowest BCUT2D eigenvalue weighted by Gasteiger charge is -2.31. The smallest absolute Gasteiger partial charge is 0.137 e. The van der Waals surface area contributed by atoms with Crippen LogP contribution in [0.4, 0.5) is 4.39 Å². The van der Waals surface area contributed by atoms with Gasteiger partial charge in [0.05, 0.1) is 6.54 Å². The van der Waals surface area contributed by atoms with E-state index >= 15 is 0 Å². The van der Waals surface area contributed by atoms with Gasteiger partial charge in [-0.05, 0) is 28.8 Å². The molecule has 2 rings (SSSR count). The minimum atomic E-state index is -1.08. The van der Waals surface area contributed by atoms with E-state index < -0.39 is 5.60 Å². The average molecular weight is 305 g/mol. The fourth-order valence-electron chi connectivity index (χ4n) is 2.00. The minimum Gasteiger partial charge on any atom is -0.384 e. The van der Waals surface area contributed by atoms with Crippen molar-refractivity contribution in [2.24, 2.45) is 0 Å². The minimum absolute atomic E-state index is 0.135. The summed E-state index contributed by atoms with van der Waals surface area (Å²) in [5.41, 5.74) is -0.371. The number of benzene rings is 1. The summed E-state index contributed by atoms with van der Waals surface area (Å²) in [7, 11) is 0.572. The van der Waals surface area contributed by atoms with Crippen LogP contribution in [0.3, 0.4) is 0 Å². The maximum atomic E-state index is 13.1. The van der Waals surface area contributed by atoms with Gasteiger partial charge in [-0.1, -0.05) is 32.9 Å². The van der Waals surface area contributed by atoms with Crippen molar-refractivity contribution in [2.45, 2.75) is 44.0 Å². The number of rotatable bonds is 5. The van der Waals surface area contributed by atoms with Crippen molar-refractivity contribution in [1.82, 2.24) is 14.8 Å². The zero-order valence-corrected chi connectivity index (χ0v) is 13.5. The topological polar surface area (TPSA) is 50.9 Å². The molecular formula is C15H20FN3OSi. The molecule has 112 valence electrons. The van der Waals surface area contributed by atoms with E-state index in [4.69, 9.17) is 0 Å². The summed E-state index contributed by atoms with van der Waals surface area (Å²) in [6, 6.07) is 6.63. The summed E-state index contributed by atoms with van der Waals surface area (Å²) in [6.07, 6.45) is 3.02. The van der Waals surface area contributed by atoms with Crippen molar-refractivity contribution < 1.29 is 9.50 Å². The van der Waals surface area contributed by atoms with Gasteiger partial charge >= 0.3 is 0 Å². The highest BCUT2D eigenvalue weighted by Gasteiger charge is 2.32. The quantitative estimate of drug-likeness (QED) is 0.864. The van der Waals surface area contributed by atoms with E-state index in [1.165, 1.54) is 18.5 Å². The molecule has 0 aliphatic heterocycles. The van der Waals surface area contributed by atoms with E-state index in [1.807, 2.05) is 0 Å². The third kappa shape index (κ3) is 4.47. The lowest BCUT2D eigenvalue weighted by Crippen LogP contribution is -2.34. The maximum absolute atomic E-state index is 13.1. The van der Waals surface area contributed by atoms with Crippen LogP contribution in [-0.2, 0) is 12.1 Å². The summed E-state index contributed by atoms with van der Waals surface area (Å²) >= 11 is 0. The molecule has 1 heterocycles. The van der Waals surface area contributed by atoms with Crippen molar-refractivity contribution >= 4 is 9.52 Å². The first-order valence-electron chi connectivity index (χ1n) is 6.84. The van der Waals surface area contributed by atoms with Crippen LogP contribution < -0.4 is 0 Å². The highest BCUT2D eigenvalue weighted by atomic mass is 28.2. The maximum Gasteiger partial charge on any atom is 0.137 e. The van der Waals surface area contributed by atoms with Gasteiger partial charge in [-0.25, -0.2) is 14.1 Å². The fraction of sp³-hybridized carbons (Fsp3) is 0.467. The molecule has 0 bridgehead atoms. The predicted molar refractivity (Wildman–Crippen MR) is 80.6 cm³/mol. The van der Waals surface area contributed by atoms with E-state index in [0.29, 0.717) is 27.7 Å². The summed E-state index contributed by atoms with van der Waals surface area (Å²) in [4.78, 5) is 3.91. The monoisotopic (exact) mass is 305 g/mol. The molecule has 2 radical (unpaired) electrons. The Kier molecular flexibility index (Phi) is 4.58. The van der Waals surface area contributed by atoms with Crippen molar-refractivity contribution in [3.63, 3.8) is 0 Å². The lowest BCUT2D eigenvalue weighted by atomic mass is 9.96. The number of hydrogen-bond donors (Lipinski definition) is 1. The molecule has 0 spiro atoms. The normalized spacial score (nSPS) is 14.9. The van der Waals surface area contributed by atoms with Gasteiger partial charge in [-0.2, -0.15) is 5.10 Å². The SMILES string of the molecule is CC(C)(C)[Si]CC(O)(Cn1cncn1)c1ccc(F)cc1. The number of nitrogens with zero attached hydrogens (tertiary/aromatic N) is 3. The highest BCUT2D eigenvalue weighted by Crippen LogP contribution is 2.32. The van der Waals surface area contributed by atoms with Crippen LogP contribution in [0.25, 0.3) is 0 Å². The third-order valence-corrected chi connectivity index (χ3v) is 5.01. The molecule has 0 saturated heterocycles. The molecule has 6 heteroatoms. The number of hydrogen-bond acceptors (Lipinski definition) is 3. The average Bonchev–Trinajstić information content (AvgIpc) is 2.89. The predicted octanol–water partition coefficient (Wildman–Crippen LogP) is 2.65. The van der Waals surface area contributed by atoms with Crippen LogP contribution >= 0.6 is 0 Å². The summed E-state index contributed by atoms with van der Waals surface area (Å²) in [5, 5.41) is 15.3. The Morgan fingerprint density at radius 2 is 1.90 bits per heavy atom. The molecular weight excluding hydrogens is 285 g/mol. The van der Waals surface area contributed by atoms with Crippen LogP contribution in [0, 0.1) is 5.82 Å². The molecule has 2 aromatic rings. The molecule has 1 aromatic carbocycles. The highest BCUT2D eigenvalue weighted by molar-refractivity contribution is 6.39. The molecule has 0 fully saturated rings. The van der Waals surface area contributed by atoms with E-state index in [9.17, 15) is 9.50 Å². The third-order valence-electron chi connectivity index (χ3n) is 3.18. The van der Waals surface area contributed by atoms with Crippen LogP contribution in [0.1, 0.15) is 26.3 Å². The molecule has 1 aromatic heterocycles. The standard InChI is InChI=1S/C15H20FN3OSi/c1-14(2,3)21-9-15(20,8-19-11-17-10-18-19)12-4-6-13(16)7-5-12/h4-7,10-11,20H,8-9H2,1-3H3. The second kappa shape index (κ2) is 6.07. The first kappa shape index (κ1) is 15.8. The first-order valence-corrected chi connectivity index (χ1v) is 8.05. The van der Waals surface area contributed by atoms with E-state index in [1.54, 1.807) is 23.1 Å². The second-order valence-electron chi connectivity index (χ2n) is 6.24. The first-order chi connectivity index (χ1) is 9.78. The van der Waals surface area contributed by atoms with E-state index in [-0.39, 0.29) is 10.9 Å². The van der Waals surface area contributed by atoms with Gasteiger partial charge in [0.2, 0.25) is 0 Å². The largest absolute Gasteiger partial charge is 0.384 e. The summed E-state index contributed by atoms with van der Waals surface area (Å²) < 4.78 is 14.7. The molecule has 0 saturated carbocycles. The van der Waals surface area contributed by atoms with Crippen LogP contribution in [0.5, 0.6) is 0 Å². The van der Waals surface area contributed by atoms with Crippen molar-refractivity contribution in [1.29, 1.82) is 0 Å². The summed E-state index contributed by atoms with van der Waals surface area (Å²) in [6.45, 7) is 6.74. The van der Waals surface area contributed by atoms with Crippen molar-refractivity contribution in [3.05, 3.63) is 48.3 Å². The van der Waals surface area contributed by atoms with Gasteiger partial charge in [-0.15, -0.1) is 0 Å². The zero-order valence-electron chi connectivity index (χ0n) is 12.5. The molecule has 0 amide bonds. The molecule has 1 N–H and O–H groups in total. The summed E-state index contributed by atoms with van der Waals surface area (Å²) in [5.74, 6) is -0.305. The molecule has 1 unspecified atom stereocenters. The molecule has 0 aliphatic rings. The van der Waals surface area contributed by atoms with Crippen LogP contribution in [0.2, 0.25) is 11.1 Å². The Hall–Kier alpha value is -1.53. The second-order valence-corrected chi connectivity index (χ2v) is 8.44. The zero-order chi connectivity index (χ0) is 15.5. The van der Waals surface area contributed by atoms with E-state index in [2.05, 4.69) is 30.9 Å². The van der Waals surface area contributed by atoms with Gasteiger partial charge in [-0.3, -0.25) is 0 Å².